The van der Waals surface area contributed by atoms with Crippen molar-refractivity contribution in [2.24, 2.45) is 0 Å². The Bertz CT molecular complexity index is 510. The number of carbonyl (C=O) groups excluding carboxylic acids is 1. The maximum Gasteiger partial charge on any atom is 0.251 e. The minimum absolute atomic E-state index is 0.132. The van der Waals surface area contributed by atoms with Crippen molar-refractivity contribution in [3.05, 3.63) is 58.0 Å². The Balaban J connectivity index is 1.90. The van der Waals surface area contributed by atoms with E-state index >= 15 is 0 Å². The SMILES string of the molecule is O=C(NCC(O)c1ccsc1)c1ccc(F)cc1. The van der Waals surface area contributed by atoms with Gasteiger partial charge in [0.15, 0.2) is 0 Å². The standard InChI is InChI=1S/C13H12FNO2S/c14-11-3-1-9(2-4-11)13(17)15-7-12(16)10-5-6-18-8-10/h1-6,8,12,16H,7H2,(H,15,17). The van der Waals surface area contributed by atoms with Crippen LogP contribution in [0.5, 0.6) is 0 Å². The highest BCUT2D eigenvalue weighted by Gasteiger charge is 2.11. The zero-order valence-corrected chi connectivity index (χ0v) is 10.3. The van der Waals surface area contributed by atoms with Crippen LogP contribution in [0, 0.1) is 5.82 Å². The Labute approximate surface area is 108 Å². The van der Waals surface area contributed by atoms with E-state index in [9.17, 15) is 14.3 Å². The van der Waals surface area contributed by atoms with Gasteiger partial charge in [-0.2, -0.15) is 11.3 Å². The zero-order valence-electron chi connectivity index (χ0n) is 9.47. The van der Waals surface area contributed by atoms with Gasteiger partial charge in [0.2, 0.25) is 0 Å². The summed E-state index contributed by atoms with van der Waals surface area (Å²) in [4.78, 5) is 11.7. The van der Waals surface area contributed by atoms with E-state index in [4.69, 9.17) is 0 Å². The molecule has 2 aromatic rings. The highest BCUT2D eigenvalue weighted by atomic mass is 32.1. The van der Waals surface area contributed by atoms with Crippen LogP contribution in [0.2, 0.25) is 0 Å². The monoisotopic (exact) mass is 265 g/mol. The summed E-state index contributed by atoms with van der Waals surface area (Å²) in [5, 5.41) is 16.1. The molecule has 0 saturated carbocycles. The minimum Gasteiger partial charge on any atom is -0.387 e. The number of halogens is 1. The molecule has 3 nitrogen and oxygen atoms in total. The lowest BCUT2D eigenvalue weighted by Gasteiger charge is -2.10. The Morgan fingerprint density at radius 2 is 2.06 bits per heavy atom. The van der Waals surface area contributed by atoms with Gasteiger partial charge in [0, 0.05) is 12.1 Å². The summed E-state index contributed by atoms with van der Waals surface area (Å²) in [6.45, 7) is 0.132. The second kappa shape index (κ2) is 5.75. The van der Waals surface area contributed by atoms with E-state index in [1.165, 1.54) is 35.6 Å². The third kappa shape index (κ3) is 3.15. The van der Waals surface area contributed by atoms with Gasteiger partial charge in [0.25, 0.3) is 5.91 Å². The number of hydrogen-bond acceptors (Lipinski definition) is 3. The van der Waals surface area contributed by atoms with Gasteiger partial charge in [-0.15, -0.1) is 0 Å². The average molecular weight is 265 g/mol. The van der Waals surface area contributed by atoms with Crippen LogP contribution in [0.1, 0.15) is 22.0 Å². The zero-order chi connectivity index (χ0) is 13.0. The first-order chi connectivity index (χ1) is 8.66. The van der Waals surface area contributed by atoms with E-state index in [0.717, 1.165) is 5.56 Å². The maximum absolute atomic E-state index is 12.7. The van der Waals surface area contributed by atoms with Crippen molar-refractivity contribution in [2.75, 3.05) is 6.54 Å². The highest BCUT2D eigenvalue weighted by molar-refractivity contribution is 7.07. The number of thiophene rings is 1. The first-order valence-corrected chi connectivity index (χ1v) is 6.35. The number of hydrogen-bond donors (Lipinski definition) is 2. The van der Waals surface area contributed by atoms with E-state index in [1.807, 2.05) is 10.8 Å². The summed E-state index contributed by atoms with van der Waals surface area (Å²) in [5.41, 5.74) is 1.15. The summed E-state index contributed by atoms with van der Waals surface area (Å²) < 4.78 is 12.7. The largest absolute Gasteiger partial charge is 0.387 e. The van der Waals surface area contributed by atoms with Crippen molar-refractivity contribution in [1.82, 2.24) is 5.32 Å². The Morgan fingerprint density at radius 3 is 2.67 bits per heavy atom. The Hall–Kier alpha value is -1.72. The number of aliphatic hydroxyl groups excluding tert-OH is 1. The van der Waals surface area contributed by atoms with Crippen molar-refractivity contribution < 1.29 is 14.3 Å². The fourth-order valence-corrected chi connectivity index (χ4v) is 2.18. The molecule has 0 spiro atoms. The van der Waals surface area contributed by atoms with Crippen molar-refractivity contribution in [2.45, 2.75) is 6.10 Å². The summed E-state index contributed by atoms with van der Waals surface area (Å²) in [5.74, 6) is -0.714. The summed E-state index contributed by atoms with van der Waals surface area (Å²) >= 11 is 1.49. The van der Waals surface area contributed by atoms with E-state index in [1.54, 1.807) is 6.07 Å². The number of carbonyl (C=O) groups is 1. The molecule has 1 atom stereocenters. The molecule has 18 heavy (non-hydrogen) atoms. The molecule has 0 saturated heterocycles. The van der Waals surface area contributed by atoms with Gasteiger partial charge in [-0.3, -0.25) is 4.79 Å². The van der Waals surface area contributed by atoms with Gasteiger partial charge in [0.05, 0.1) is 6.10 Å². The predicted molar refractivity (Wildman–Crippen MR) is 68.0 cm³/mol. The van der Waals surface area contributed by atoms with Crippen LogP contribution in [0.25, 0.3) is 0 Å². The second-order valence-electron chi connectivity index (χ2n) is 3.79. The summed E-state index contributed by atoms with van der Waals surface area (Å²) in [6.07, 6.45) is -0.722. The molecule has 0 bridgehead atoms. The third-order valence-electron chi connectivity index (χ3n) is 2.49. The lowest BCUT2D eigenvalue weighted by Crippen LogP contribution is -2.28. The number of nitrogens with one attached hydrogen (secondary N) is 1. The molecule has 1 aromatic carbocycles. The minimum atomic E-state index is -0.722. The van der Waals surface area contributed by atoms with E-state index in [2.05, 4.69) is 5.32 Å². The smallest absolute Gasteiger partial charge is 0.251 e. The molecular weight excluding hydrogens is 253 g/mol. The van der Waals surface area contributed by atoms with Crippen molar-refractivity contribution in [3.63, 3.8) is 0 Å². The van der Waals surface area contributed by atoms with Gasteiger partial charge in [-0.25, -0.2) is 4.39 Å². The number of aliphatic hydroxyl groups is 1. The first kappa shape index (κ1) is 12.7. The fraction of sp³-hybridized carbons (Fsp3) is 0.154. The molecule has 2 N–H and O–H groups in total. The molecule has 0 aliphatic rings. The molecule has 1 heterocycles. The molecule has 1 unspecified atom stereocenters. The van der Waals surface area contributed by atoms with Crippen LogP contribution in [0.4, 0.5) is 4.39 Å². The van der Waals surface area contributed by atoms with Crippen LogP contribution >= 0.6 is 11.3 Å². The molecule has 0 aliphatic carbocycles. The molecular formula is C13H12FNO2S. The highest BCUT2D eigenvalue weighted by Crippen LogP contribution is 2.15. The van der Waals surface area contributed by atoms with Gasteiger partial charge >= 0.3 is 0 Å². The third-order valence-corrected chi connectivity index (χ3v) is 3.19. The Kier molecular flexibility index (Phi) is 4.07. The summed E-state index contributed by atoms with van der Waals surface area (Å²) in [6, 6.07) is 7.07. The number of rotatable bonds is 4. The molecule has 1 aromatic heterocycles. The number of benzene rings is 1. The normalized spacial score (nSPS) is 12.1. The van der Waals surface area contributed by atoms with Gasteiger partial charge in [0.1, 0.15) is 5.82 Å². The van der Waals surface area contributed by atoms with Crippen LogP contribution in [0.15, 0.2) is 41.1 Å². The molecule has 0 fully saturated rings. The van der Waals surface area contributed by atoms with E-state index in [0.29, 0.717) is 5.56 Å². The second-order valence-corrected chi connectivity index (χ2v) is 4.57. The van der Waals surface area contributed by atoms with Crippen molar-refractivity contribution >= 4 is 17.2 Å². The first-order valence-electron chi connectivity index (χ1n) is 5.41. The predicted octanol–water partition coefficient (Wildman–Crippen LogP) is 2.35. The lowest BCUT2D eigenvalue weighted by molar-refractivity contribution is 0.0916. The summed E-state index contributed by atoms with van der Waals surface area (Å²) in [7, 11) is 0. The van der Waals surface area contributed by atoms with E-state index in [-0.39, 0.29) is 18.3 Å². The van der Waals surface area contributed by atoms with Crippen LogP contribution in [-0.2, 0) is 0 Å². The average Bonchev–Trinajstić information content (AvgIpc) is 2.90. The van der Waals surface area contributed by atoms with Gasteiger partial charge in [-0.05, 0) is 46.7 Å². The Morgan fingerprint density at radius 1 is 1.33 bits per heavy atom. The van der Waals surface area contributed by atoms with Crippen LogP contribution < -0.4 is 5.32 Å². The molecule has 0 aliphatic heterocycles. The molecule has 2 rings (SSSR count). The van der Waals surface area contributed by atoms with Crippen LogP contribution in [0.3, 0.4) is 0 Å². The van der Waals surface area contributed by atoms with Gasteiger partial charge in [-0.1, -0.05) is 0 Å². The van der Waals surface area contributed by atoms with Crippen molar-refractivity contribution in [3.8, 4) is 0 Å². The lowest BCUT2D eigenvalue weighted by atomic mass is 10.2. The molecule has 0 radical (unpaired) electrons. The molecule has 94 valence electrons. The van der Waals surface area contributed by atoms with Crippen molar-refractivity contribution in [1.29, 1.82) is 0 Å². The quantitative estimate of drug-likeness (QED) is 0.891. The number of amides is 1. The molecule has 1 amide bonds. The van der Waals surface area contributed by atoms with Gasteiger partial charge < -0.3 is 10.4 Å². The van der Waals surface area contributed by atoms with Crippen LogP contribution in [-0.4, -0.2) is 17.6 Å². The topological polar surface area (TPSA) is 49.3 Å². The maximum atomic E-state index is 12.7. The molecule has 5 heteroatoms. The van der Waals surface area contributed by atoms with E-state index < -0.39 is 6.10 Å². The fourth-order valence-electron chi connectivity index (χ4n) is 1.48.